The summed E-state index contributed by atoms with van der Waals surface area (Å²) in [6, 6.07) is 11.4. The average molecular weight is 807 g/mol. The van der Waals surface area contributed by atoms with Gasteiger partial charge in [0, 0.05) is 30.6 Å². The summed E-state index contributed by atoms with van der Waals surface area (Å²) in [5.41, 5.74) is 0.211. The highest BCUT2D eigenvalue weighted by molar-refractivity contribution is 7.91. The van der Waals surface area contributed by atoms with E-state index in [4.69, 9.17) is 19.4 Å². The molecule has 4 aliphatic rings. The molecule has 3 aromatic rings. The number of allylic oxidation sites excluding steroid dienone is 1. The molecule has 0 radical (unpaired) electrons. The van der Waals surface area contributed by atoms with Crippen LogP contribution in [0.25, 0.3) is 11.0 Å². The summed E-state index contributed by atoms with van der Waals surface area (Å²) in [6.45, 7) is -1.14. The molecular weight excluding hydrogens is 760 g/mol. The molecule has 0 unspecified atom stereocenters. The number of para-hydroxylation sites is 2. The van der Waals surface area contributed by atoms with Crippen molar-refractivity contribution in [3.8, 4) is 11.6 Å². The van der Waals surface area contributed by atoms with Crippen LogP contribution in [0.3, 0.4) is 0 Å². The lowest BCUT2D eigenvalue weighted by atomic mass is 10.0. The highest BCUT2D eigenvalue weighted by Crippen LogP contribution is 2.46. The third-order valence-electron chi connectivity index (χ3n) is 10.7. The molecule has 1 saturated heterocycles. The van der Waals surface area contributed by atoms with E-state index < -0.39 is 75.3 Å². The van der Waals surface area contributed by atoms with Crippen molar-refractivity contribution in [3.63, 3.8) is 0 Å². The van der Waals surface area contributed by atoms with Crippen molar-refractivity contribution in [1.82, 2.24) is 35.5 Å². The number of alkyl halides is 1. The lowest BCUT2D eigenvalue weighted by Crippen LogP contribution is -2.58. The van der Waals surface area contributed by atoms with Gasteiger partial charge in [-0.2, -0.15) is 0 Å². The summed E-state index contributed by atoms with van der Waals surface area (Å²) in [7, 11) is -2.37. The van der Waals surface area contributed by atoms with Gasteiger partial charge in [-0.15, -0.1) is 0 Å². The molecular formula is C39H47FN8O8S. The van der Waals surface area contributed by atoms with E-state index in [0.29, 0.717) is 54.6 Å². The maximum absolute atomic E-state index is 14.5. The smallest absolute Gasteiger partial charge is 0.315 e. The lowest BCUT2D eigenvalue weighted by molar-refractivity contribution is -0.141. The monoisotopic (exact) mass is 806 g/mol. The van der Waals surface area contributed by atoms with Crippen LogP contribution in [0.4, 0.5) is 20.7 Å². The number of carbonyl (C=O) groups is 4. The molecule has 5 amide bonds. The maximum atomic E-state index is 14.5. The summed E-state index contributed by atoms with van der Waals surface area (Å²) in [6.07, 6.45) is 6.91. The van der Waals surface area contributed by atoms with E-state index in [1.165, 1.54) is 4.90 Å². The Hall–Kier alpha value is -5.52. The number of fused-ring (bicyclic) bond motifs is 3. The Labute approximate surface area is 329 Å². The molecule has 2 aliphatic carbocycles. The Balaban J connectivity index is 1.20. The van der Waals surface area contributed by atoms with E-state index in [1.807, 2.05) is 30.4 Å². The third-order valence-corrected chi connectivity index (χ3v) is 12.5. The minimum absolute atomic E-state index is 0.0377. The molecule has 3 fully saturated rings. The largest absolute Gasteiger partial charge is 0.497 e. The second kappa shape index (κ2) is 16.9. The van der Waals surface area contributed by atoms with Gasteiger partial charge in [0.1, 0.15) is 36.2 Å². The quantitative estimate of drug-likeness (QED) is 0.178. The number of benzene rings is 2. The number of methoxy groups -OCH3 is 1. The van der Waals surface area contributed by atoms with E-state index >= 15 is 0 Å². The first kappa shape index (κ1) is 39.7. The number of hydrogen-bond donors (Lipinski definition) is 5. The molecule has 0 spiro atoms. The molecule has 5 atom stereocenters. The summed E-state index contributed by atoms with van der Waals surface area (Å²) < 4.78 is 52.7. The molecule has 2 saturated carbocycles. The van der Waals surface area contributed by atoms with Crippen molar-refractivity contribution < 1.29 is 41.5 Å². The van der Waals surface area contributed by atoms with Gasteiger partial charge >= 0.3 is 6.03 Å². The summed E-state index contributed by atoms with van der Waals surface area (Å²) in [4.78, 5) is 66.3. The van der Waals surface area contributed by atoms with Crippen LogP contribution in [-0.2, 0) is 24.4 Å². The summed E-state index contributed by atoms with van der Waals surface area (Å²) >= 11 is 0. The van der Waals surface area contributed by atoms with Crippen LogP contribution in [-0.4, -0.2) is 103 Å². The van der Waals surface area contributed by atoms with Gasteiger partial charge in [0.25, 0.3) is 11.8 Å². The van der Waals surface area contributed by atoms with Gasteiger partial charge in [0.2, 0.25) is 21.8 Å². The van der Waals surface area contributed by atoms with Gasteiger partial charge < -0.3 is 35.6 Å². The highest BCUT2D eigenvalue weighted by atomic mass is 32.2. The van der Waals surface area contributed by atoms with Crippen LogP contribution in [0.1, 0.15) is 57.8 Å². The zero-order valence-corrected chi connectivity index (χ0v) is 32.4. The van der Waals surface area contributed by atoms with E-state index in [2.05, 4.69) is 26.0 Å². The molecule has 3 heterocycles. The van der Waals surface area contributed by atoms with Crippen molar-refractivity contribution in [1.29, 1.82) is 0 Å². The second-order valence-corrected chi connectivity index (χ2v) is 16.8. The van der Waals surface area contributed by atoms with E-state index in [-0.39, 0.29) is 44.0 Å². The molecule has 2 aliphatic heterocycles. The van der Waals surface area contributed by atoms with Crippen LogP contribution >= 0.6 is 0 Å². The average Bonchev–Trinajstić information content (AvgIpc) is 4.13. The number of halogens is 1. The maximum Gasteiger partial charge on any atom is 0.315 e. The number of ether oxygens (including phenoxy) is 2. The molecule has 16 nitrogen and oxygen atoms in total. The molecule has 57 heavy (non-hydrogen) atoms. The van der Waals surface area contributed by atoms with E-state index in [0.717, 1.165) is 6.42 Å². The van der Waals surface area contributed by atoms with Crippen LogP contribution in [0.2, 0.25) is 0 Å². The standard InChI is InChI=1S/C39H47FN8O8S/c1-55-26-12-9-11-25(20-26)42-33-35(44-30-14-8-7-13-29(30)43-33)56-27-21-32-34(49)46-39(37(51)47-57(53,54)28-16-17-28)22-24(39)10-5-3-2-4-6-15-31(36(50)48(32)23-27)45-38(52)41-19-18-40/h5,7-14,20,24,27-28,31-32H,2-4,6,15-19,21-23H2,1H3,(H,42,43)(H,46,49)(H,47,51)(H2,41,45,52)/b10-5-/t24-,27-,31+,32+,39-/m1/s1. The number of urea groups is 1. The molecule has 0 bridgehead atoms. The second-order valence-electron chi connectivity index (χ2n) is 14.9. The Kier molecular flexibility index (Phi) is 11.8. The van der Waals surface area contributed by atoms with Gasteiger partial charge in [-0.05, 0) is 62.8 Å². The van der Waals surface area contributed by atoms with Crippen molar-refractivity contribution in [3.05, 3.63) is 60.7 Å². The number of carbonyl (C=O) groups excluding carboxylic acids is 4. The number of aromatic nitrogens is 2. The predicted octanol–water partition coefficient (Wildman–Crippen LogP) is 3.37. The van der Waals surface area contributed by atoms with Gasteiger partial charge in [0.05, 0.1) is 29.9 Å². The number of amides is 5. The molecule has 7 rings (SSSR count). The Morgan fingerprint density at radius 3 is 2.58 bits per heavy atom. The van der Waals surface area contributed by atoms with Crippen molar-refractivity contribution >= 4 is 56.3 Å². The first-order valence-electron chi connectivity index (χ1n) is 19.3. The lowest BCUT2D eigenvalue weighted by Gasteiger charge is -2.30. The van der Waals surface area contributed by atoms with Gasteiger partial charge in [-0.1, -0.05) is 43.2 Å². The van der Waals surface area contributed by atoms with Gasteiger partial charge in [0.15, 0.2) is 5.82 Å². The molecule has 1 aromatic heterocycles. The van der Waals surface area contributed by atoms with Gasteiger partial charge in [-0.25, -0.2) is 27.6 Å². The number of anilines is 2. The third kappa shape index (κ3) is 9.21. The number of rotatable bonds is 11. The fourth-order valence-electron chi connectivity index (χ4n) is 7.36. The zero-order chi connectivity index (χ0) is 40.2. The SMILES string of the molecule is COc1cccc(Nc2nc3ccccc3nc2O[C@@H]2C[C@H]3C(=O)N[C@]4(C(=O)NS(=O)(=O)C5CC5)C[C@H]4/C=C\CCCCC[C@H](NC(=O)NCCF)C(=O)N3C2)c1. The van der Waals surface area contributed by atoms with E-state index in [9.17, 15) is 32.0 Å². The number of sulfonamides is 1. The van der Waals surface area contributed by atoms with Gasteiger partial charge in [-0.3, -0.25) is 19.1 Å². The Bertz CT molecular complexity index is 2150. The van der Waals surface area contributed by atoms with Crippen LogP contribution in [0.15, 0.2) is 60.7 Å². The van der Waals surface area contributed by atoms with Crippen molar-refractivity contribution in [2.75, 3.05) is 32.2 Å². The fourth-order valence-corrected chi connectivity index (χ4v) is 8.72. The number of nitrogens with one attached hydrogen (secondary N) is 5. The topological polar surface area (TPSA) is 210 Å². The van der Waals surface area contributed by atoms with Crippen LogP contribution < -0.4 is 35.5 Å². The Morgan fingerprint density at radius 1 is 1.04 bits per heavy atom. The number of nitrogens with zero attached hydrogens (tertiary/aromatic N) is 3. The minimum Gasteiger partial charge on any atom is -0.497 e. The summed E-state index contributed by atoms with van der Waals surface area (Å²) in [5, 5.41) is 10.5. The normalized spacial score (nSPS) is 25.8. The predicted molar refractivity (Wildman–Crippen MR) is 208 cm³/mol. The van der Waals surface area contributed by atoms with Crippen molar-refractivity contribution in [2.45, 2.75) is 86.8 Å². The molecule has 304 valence electrons. The fraction of sp³-hybridized carbons (Fsp3) is 0.487. The first-order chi connectivity index (χ1) is 27.5. The van der Waals surface area contributed by atoms with Crippen LogP contribution in [0.5, 0.6) is 11.6 Å². The highest BCUT2D eigenvalue weighted by Gasteiger charge is 2.62. The molecule has 5 N–H and O–H groups in total. The van der Waals surface area contributed by atoms with Crippen molar-refractivity contribution in [2.24, 2.45) is 5.92 Å². The Morgan fingerprint density at radius 2 is 1.82 bits per heavy atom. The van der Waals surface area contributed by atoms with E-state index in [1.54, 1.807) is 37.4 Å². The molecule has 2 aromatic carbocycles. The molecule has 18 heteroatoms. The zero-order valence-electron chi connectivity index (χ0n) is 31.5. The minimum atomic E-state index is -3.93. The first-order valence-corrected chi connectivity index (χ1v) is 20.8. The number of hydrogen-bond acceptors (Lipinski definition) is 11. The van der Waals surface area contributed by atoms with Crippen LogP contribution in [0, 0.1) is 5.92 Å². The summed E-state index contributed by atoms with van der Waals surface area (Å²) in [5.74, 6) is -1.56.